The molecule has 1 unspecified atom stereocenters. The highest BCUT2D eigenvalue weighted by Gasteiger charge is 2.21. The largest absolute Gasteiger partial charge is 0.497 e. The second kappa shape index (κ2) is 10.1. The number of sulfone groups is 1. The molecule has 0 aromatic heterocycles. The number of benzene rings is 2. The van der Waals surface area contributed by atoms with Gasteiger partial charge in [0.25, 0.3) is 5.91 Å². The van der Waals surface area contributed by atoms with E-state index in [1.54, 1.807) is 7.11 Å². The Labute approximate surface area is 177 Å². The summed E-state index contributed by atoms with van der Waals surface area (Å²) < 4.78 is 28.9. The third-order valence-electron chi connectivity index (χ3n) is 4.80. The zero-order chi connectivity index (χ0) is 21.6. The zero-order valence-corrected chi connectivity index (χ0v) is 18.7. The fourth-order valence-electron chi connectivity index (χ4n) is 3.16. The Morgan fingerprint density at radius 2 is 1.86 bits per heavy atom. The van der Waals surface area contributed by atoms with Crippen LogP contribution in [0.1, 0.15) is 35.8 Å². The first-order chi connectivity index (χ1) is 13.7. The van der Waals surface area contributed by atoms with Crippen molar-refractivity contribution in [1.82, 2.24) is 10.2 Å². The van der Waals surface area contributed by atoms with Crippen molar-refractivity contribution in [3.8, 4) is 5.75 Å². The summed E-state index contributed by atoms with van der Waals surface area (Å²) in [4.78, 5) is 15.1. The van der Waals surface area contributed by atoms with Gasteiger partial charge in [-0.3, -0.25) is 9.69 Å². The van der Waals surface area contributed by atoms with Gasteiger partial charge in [0.05, 0.1) is 28.6 Å². The summed E-state index contributed by atoms with van der Waals surface area (Å²) in [5.41, 5.74) is 1.16. The van der Waals surface area contributed by atoms with Gasteiger partial charge in [0.15, 0.2) is 9.84 Å². The van der Waals surface area contributed by atoms with E-state index < -0.39 is 15.7 Å². The fraction of sp³-hybridized carbons (Fsp3) is 0.381. The third kappa shape index (κ3) is 5.95. The number of hydrogen-bond acceptors (Lipinski definition) is 5. The molecule has 8 heteroatoms. The Kier molecular flexibility index (Phi) is 8.07. The van der Waals surface area contributed by atoms with E-state index in [9.17, 15) is 13.2 Å². The Morgan fingerprint density at radius 3 is 2.45 bits per heavy atom. The van der Waals surface area contributed by atoms with Gasteiger partial charge >= 0.3 is 0 Å². The van der Waals surface area contributed by atoms with Crippen LogP contribution in [0.2, 0.25) is 5.02 Å². The smallest absolute Gasteiger partial charge is 0.252 e. The lowest BCUT2D eigenvalue weighted by Crippen LogP contribution is -2.38. The van der Waals surface area contributed by atoms with Gasteiger partial charge in [-0.15, -0.1) is 0 Å². The molecule has 0 saturated carbocycles. The maximum absolute atomic E-state index is 12.8. The van der Waals surface area contributed by atoms with E-state index in [0.717, 1.165) is 30.7 Å². The van der Waals surface area contributed by atoms with Gasteiger partial charge in [0.1, 0.15) is 5.75 Å². The Balaban J connectivity index is 2.28. The third-order valence-corrected chi connectivity index (χ3v) is 6.24. The molecule has 0 aliphatic rings. The van der Waals surface area contributed by atoms with Crippen molar-refractivity contribution >= 4 is 27.3 Å². The summed E-state index contributed by atoms with van der Waals surface area (Å²) in [5.74, 6) is 0.329. The molecule has 1 amide bonds. The molecule has 6 nitrogen and oxygen atoms in total. The SMILES string of the molecule is CCN(CC)C(CNC(=O)c1cc(S(C)(=O)=O)ccc1Cl)c1cccc(OC)c1. The van der Waals surface area contributed by atoms with Crippen LogP contribution < -0.4 is 10.1 Å². The maximum Gasteiger partial charge on any atom is 0.252 e. The first-order valence-corrected chi connectivity index (χ1v) is 11.6. The van der Waals surface area contributed by atoms with Crippen LogP contribution in [0.25, 0.3) is 0 Å². The molecular formula is C21H27ClN2O4S. The molecular weight excluding hydrogens is 412 g/mol. The average Bonchev–Trinajstić information content (AvgIpc) is 2.70. The lowest BCUT2D eigenvalue weighted by Gasteiger charge is -2.30. The Bertz CT molecular complexity index is 959. The molecule has 0 aliphatic carbocycles. The zero-order valence-electron chi connectivity index (χ0n) is 17.1. The van der Waals surface area contributed by atoms with Crippen molar-refractivity contribution in [3.63, 3.8) is 0 Å². The van der Waals surface area contributed by atoms with Crippen LogP contribution in [-0.2, 0) is 9.84 Å². The highest BCUT2D eigenvalue weighted by atomic mass is 35.5. The number of hydrogen-bond donors (Lipinski definition) is 1. The van der Waals surface area contributed by atoms with Crippen molar-refractivity contribution in [2.24, 2.45) is 0 Å². The number of likely N-dealkylation sites (N-methyl/N-ethyl adjacent to an activating group) is 1. The Hall–Kier alpha value is -2.09. The number of nitrogens with one attached hydrogen (secondary N) is 1. The number of rotatable bonds is 9. The molecule has 2 aromatic rings. The van der Waals surface area contributed by atoms with E-state index in [4.69, 9.17) is 16.3 Å². The minimum Gasteiger partial charge on any atom is -0.497 e. The van der Waals surface area contributed by atoms with E-state index in [-0.39, 0.29) is 21.5 Å². The second-order valence-corrected chi connectivity index (χ2v) is 9.06. The van der Waals surface area contributed by atoms with E-state index in [1.807, 2.05) is 24.3 Å². The first-order valence-electron chi connectivity index (χ1n) is 9.37. The van der Waals surface area contributed by atoms with Crippen molar-refractivity contribution in [2.75, 3.05) is 33.0 Å². The van der Waals surface area contributed by atoms with Gasteiger partial charge in [-0.2, -0.15) is 0 Å². The fourth-order valence-corrected chi connectivity index (χ4v) is 4.02. The number of ether oxygens (including phenoxy) is 1. The number of methoxy groups -OCH3 is 1. The number of carbonyl (C=O) groups is 1. The van der Waals surface area contributed by atoms with E-state index in [0.29, 0.717) is 6.54 Å². The molecule has 0 saturated heterocycles. The molecule has 0 heterocycles. The summed E-state index contributed by atoms with van der Waals surface area (Å²) >= 11 is 6.15. The monoisotopic (exact) mass is 438 g/mol. The number of nitrogens with zero attached hydrogens (tertiary/aromatic N) is 1. The molecule has 2 aromatic carbocycles. The highest BCUT2D eigenvalue weighted by molar-refractivity contribution is 7.90. The summed E-state index contributed by atoms with van der Waals surface area (Å²) in [6.45, 7) is 6.07. The molecule has 0 bridgehead atoms. The molecule has 1 N–H and O–H groups in total. The average molecular weight is 439 g/mol. The lowest BCUT2D eigenvalue weighted by molar-refractivity contribution is 0.0935. The summed E-state index contributed by atoms with van der Waals surface area (Å²) in [6, 6.07) is 11.8. The van der Waals surface area contributed by atoms with Gasteiger partial charge in [0.2, 0.25) is 0 Å². The number of carbonyl (C=O) groups excluding carboxylic acids is 1. The molecule has 158 valence electrons. The van der Waals surface area contributed by atoms with Crippen molar-refractivity contribution in [2.45, 2.75) is 24.8 Å². The van der Waals surface area contributed by atoms with Crippen molar-refractivity contribution in [3.05, 3.63) is 58.6 Å². The molecule has 2 rings (SSSR count). The molecule has 0 fully saturated rings. The minimum absolute atomic E-state index is 0.0557. The predicted molar refractivity (Wildman–Crippen MR) is 116 cm³/mol. The molecule has 0 radical (unpaired) electrons. The van der Waals surface area contributed by atoms with E-state index in [1.165, 1.54) is 18.2 Å². The molecule has 1 atom stereocenters. The van der Waals surface area contributed by atoms with E-state index in [2.05, 4.69) is 24.1 Å². The van der Waals surface area contributed by atoms with E-state index >= 15 is 0 Å². The summed E-state index contributed by atoms with van der Waals surface area (Å²) in [5, 5.41) is 3.11. The predicted octanol–water partition coefficient (Wildman–Crippen LogP) is 3.57. The van der Waals surface area contributed by atoms with Gasteiger partial charge < -0.3 is 10.1 Å². The molecule has 0 aliphatic heterocycles. The minimum atomic E-state index is -3.44. The van der Waals surface area contributed by atoms with Crippen LogP contribution >= 0.6 is 11.6 Å². The Morgan fingerprint density at radius 1 is 1.17 bits per heavy atom. The highest BCUT2D eigenvalue weighted by Crippen LogP contribution is 2.25. The molecule has 0 spiro atoms. The lowest BCUT2D eigenvalue weighted by atomic mass is 10.0. The number of halogens is 1. The van der Waals surface area contributed by atoms with Gasteiger partial charge in [0, 0.05) is 12.8 Å². The van der Waals surface area contributed by atoms with Gasteiger partial charge in [-0.05, 0) is 49.0 Å². The van der Waals surface area contributed by atoms with Crippen LogP contribution in [0.3, 0.4) is 0 Å². The van der Waals surface area contributed by atoms with Gasteiger partial charge in [-0.25, -0.2) is 8.42 Å². The van der Waals surface area contributed by atoms with Crippen molar-refractivity contribution in [1.29, 1.82) is 0 Å². The van der Waals surface area contributed by atoms with Crippen LogP contribution in [0.5, 0.6) is 5.75 Å². The first kappa shape index (κ1) is 23.2. The van der Waals surface area contributed by atoms with Crippen LogP contribution in [0.15, 0.2) is 47.4 Å². The standard InChI is InChI=1S/C21H27ClN2O4S/c1-5-24(6-2)20(15-8-7-9-16(12-15)28-3)14-23-21(25)18-13-17(29(4,26)27)10-11-19(18)22/h7-13,20H,5-6,14H2,1-4H3,(H,23,25). The molecule has 29 heavy (non-hydrogen) atoms. The number of amides is 1. The summed E-state index contributed by atoms with van der Waals surface area (Å²) in [7, 11) is -1.82. The second-order valence-electron chi connectivity index (χ2n) is 6.64. The maximum atomic E-state index is 12.8. The topological polar surface area (TPSA) is 75.7 Å². The van der Waals surface area contributed by atoms with Crippen LogP contribution in [0.4, 0.5) is 0 Å². The van der Waals surface area contributed by atoms with Crippen LogP contribution in [0, 0.1) is 0 Å². The van der Waals surface area contributed by atoms with Gasteiger partial charge in [-0.1, -0.05) is 37.6 Å². The van der Waals surface area contributed by atoms with Crippen molar-refractivity contribution < 1.29 is 17.9 Å². The van der Waals surface area contributed by atoms with Crippen LogP contribution in [-0.4, -0.2) is 52.2 Å². The normalized spacial score (nSPS) is 12.6. The quantitative estimate of drug-likeness (QED) is 0.647. The summed E-state index contributed by atoms with van der Waals surface area (Å²) in [6.07, 6.45) is 1.09.